The first kappa shape index (κ1) is 19.5. The zero-order chi connectivity index (χ0) is 19.4. The molecule has 2 N–H and O–H groups in total. The SMILES string of the molecule is Cc1cc2occ(CC(=O)OC(C)C(=O)NC(=O)NC(C)C)c2cc1C. The fraction of sp³-hybridized carbons (Fsp3) is 0.421. The Morgan fingerprint density at radius 2 is 1.77 bits per heavy atom. The number of furan rings is 1. The van der Waals surface area contributed by atoms with Crippen molar-refractivity contribution in [1.29, 1.82) is 0 Å². The van der Waals surface area contributed by atoms with Crippen LogP contribution < -0.4 is 10.6 Å². The highest BCUT2D eigenvalue weighted by Gasteiger charge is 2.21. The van der Waals surface area contributed by atoms with Gasteiger partial charge in [0.25, 0.3) is 5.91 Å². The Labute approximate surface area is 152 Å². The predicted molar refractivity (Wildman–Crippen MR) is 96.8 cm³/mol. The Morgan fingerprint density at radius 3 is 2.42 bits per heavy atom. The van der Waals surface area contributed by atoms with Crippen LogP contribution >= 0.6 is 0 Å². The summed E-state index contributed by atoms with van der Waals surface area (Å²) < 4.78 is 10.6. The number of ether oxygens (including phenoxy) is 1. The quantitative estimate of drug-likeness (QED) is 0.799. The van der Waals surface area contributed by atoms with Gasteiger partial charge in [0.1, 0.15) is 5.58 Å². The molecule has 1 aromatic carbocycles. The van der Waals surface area contributed by atoms with E-state index < -0.39 is 24.0 Å². The van der Waals surface area contributed by atoms with Crippen molar-refractivity contribution < 1.29 is 23.5 Å². The second kappa shape index (κ2) is 8.03. The number of esters is 1. The maximum absolute atomic E-state index is 12.1. The number of imide groups is 1. The molecule has 26 heavy (non-hydrogen) atoms. The van der Waals surface area contributed by atoms with E-state index in [0.29, 0.717) is 11.1 Å². The molecule has 3 amide bonds. The van der Waals surface area contributed by atoms with Gasteiger partial charge in [-0.15, -0.1) is 0 Å². The number of nitrogens with one attached hydrogen (secondary N) is 2. The number of hydrogen-bond acceptors (Lipinski definition) is 5. The molecule has 0 saturated heterocycles. The molecule has 140 valence electrons. The Kier molecular flexibility index (Phi) is 6.02. The van der Waals surface area contributed by atoms with E-state index in [9.17, 15) is 14.4 Å². The Bertz CT molecular complexity index is 838. The van der Waals surface area contributed by atoms with E-state index >= 15 is 0 Å². The molecule has 0 spiro atoms. The number of hydrogen-bond donors (Lipinski definition) is 2. The van der Waals surface area contributed by atoms with E-state index in [1.165, 1.54) is 13.2 Å². The van der Waals surface area contributed by atoms with Gasteiger partial charge in [-0.1, -0.05) is 0 Å². The van der Waals surface area contributed by atoms with Gasteiger partial charge in [0.15, 0.2) is 6.10 Å². The summed E-state index contributed by atoms with van der Waals surface area (Å²) >= 11 is 0. The van der Waals surface area contributed by atoms with Gasteiger partial charge in [-0.05, 0) is 57.9 Å². The lowest BCUT2D eigenvalue weighted by Gasteiger charge is -2.14. The molecule has 0 saturated carbocycles. The van der Waals surface area contributed by atoms with Gasteiger partial charge in [-0.2, -0.15) is 0 Å². The van der Waals surface area contributed by atoms with Crippen LogP contribution in [0.15, 0.2) is 22.8 Å². The van der Waals surface area contributed by atoms with Crippen molar-refractivity contribution in [3.63, 3.8) is 0 Å². The van der Waals surface area contributed by atoms with Crippen molar-refractivity contribution in [3.05, 3.63) is 35.1 Å². The molecule has 0 fully saturated rings. The lowest BCUT2D eigenvalue weighted by atomic mass is 10.0. The summed E-state index contributed by atoms with van der Waals surface area (Å²) in [5.41, 5.74) is 3.59. The molecule has 0 aliphatic rings. The number of aryl methyl sites for hydroxylation is 2. The molecule has 2 rings (SSSR count). The number of carbonyl (C=O) groups is 3. The minimum atomic E-state index is -1.08. The minimum Gasteiger partial charge on any atom is -0.464 e. The second-order valence-corrected chi connectivity index (χ2v) is 6.62. The van der Waals surface area contributed by atoms with Crippen LogP contribution in [0.1, 0.15) is 37.5 Å². The van der Waals surface area contributed by atoms with Crippen LogP contribution in [0, 0.1) is 13.8 Å². The lowest BCUT2D eigenvalue weighted by Crippen LogP contribution is -2.46. The van der Waals surface area contributed by atoms with Crippen molar-refractivity contribution in [1.82, 2.24) is 10.6 Å². The first-order chi connectivity index (χ1) is 12.2. The third kappa shape index (κ3) is 4.84. The van der Waals surface area contributed by atoms with Gasteiger partial charge >= 0.3 is 12.0 Å². The maximum atomic E-state index is 12.1. The molecule has 0 aliphatic carbocycles. The first-order valence-corrected chi connectivity index (χ1v) is 8.45. The second-order valence-electron chi connectivity index (χ2n) is 6.62. The molecule has 1 aromatic heterocycles. The fourth-order valence-electron chi connectivity index (χ4n) is 2.43. The van der Waals surface area contributed by atoms with Gasteiger partial charge in [0, 0.05) is 17.0 Å². The van der Waals surface area contributed by atoms with Gasteiger partial charge in [0.2, 0.25) is 0 Å². The number of carbonyl (C=O) groups excluding carboxylic acids is 3. The number of benzene rings is 1. The molecule has 0 radical (unpaired) electrons. The molecule has 1 unspecified atom stereocenters. The molecule has 0 bridgehead atoms. The van der Waals surface area contributed by atoms with Crippen molar-refractivity contribution in [2.75, 3.05) is 0 Å². The number of urea groups is 1. The minimum absolute atomic E-state index is 0.0225. The summed E-state index contributed by atoms with van der Waals surface area (Å²) in [5.74, 6) is -1.25. The highest BCUT2D eigenvalue weighted by atomic mass is 16.5. The number of rotatable bonds is 5. The number of amides is 3. The standard InChI is InChI=1S/C19H24N2O5/c1-10(2)20-19(24)21-18(23)13(5)26-17(22)8-14-9-25-16-7-12(4)11(3)6-15(14)16/h6-7,9-10,13H,8H2,1-5H3,(H2,20,21,23,24). The first-order valence-electron chi connectivity index (χ1n) is 8.45. The fourth-order valence-corrected chi connectivity index (χ4v) is 2.43. The molecule has 1 heterocycles. The molecular formula is C19H24N2O5. The maximum Gasteiger partial charge on any atom is 0.321 e. The van der Waals surface area contributed by atoms with Gasteiger partial charge < -0.3 is 14.5 Å². The van der Waals surface area contributed by atoms with Crippen LogP contribution in [-0.2, 0) is 20.7 Å². The molecule has 0 aliphatic heterocycles. The van der Waals surface area contributed by atoms with Gasteiger partial charge in [-0.3, -0.25) is 14.9 Å². The highest BCUT2D eigenvalue weighted by Crippen LogP contribution is 2.25. The van der Waals surface area contributed by atoms with Crippen molar-refractivity contribution >= 4 is 28.9 Å². The molecule has 7 nitrogen and oxygen atoms in total. The van der Waals surface area contributed by atoms with Gasteiger partial charge in [0.05, 0.1) is 12.7 Å². The van der Waals surface area contributed by atoms with Gasteiger partial charge in [-0.25, -0.2) is 4.79 Å². The molecule has 2 aromatic rings. The van der Waals surface area contributed by atoms with Crippen molar-refractivity contribution in [3.8, 4) is 0 Å². The van der Waals surface area contributed by atoms with Crippen LogP contribution in [0.5, 0.6) is 0 Å². The summed E-state index contributed by atoms with van der Waals surface area (Å²) in [6.07, 6.45) is 0.416. The van der Waals surface area contributed by atoms with E-state index in [4.69, 9.17) is 9.15 Å². The average Bonchev–Trinajstić information content (AvgIpc) is 2.88. The summed E-state index contributed by atoms with van der Waals surface area (Å²) in [4.78, 5) is 35.6. The Hall–Kier alpha value is -2.83. The number of fused-ring (bicyclic) bond motifs is 1. The molecular weight excluding hydrogens is 336 g/mol. The van der Waals surface area contributed by atoms with E-state index in [-0.39, 0.29) is 12.5 Å². The zero-order valence-electron chi connectivity index (χ0n) is 15.6. The third-order valence-corrected chi connectivity index (χ3v) is 3.94. The van der Waals surface area contributed by atoms with Crippen LogP contribution in [-0.4, -0.2) is 30.1 Å². The van der Waals surface area contributed by atoms with E-state index in [2.05, 4.69) is 10.6 Å². The lowest BCUT2D eigenvalue weighted by molar-refractivity contribution is -0.153. The predicted octanol–water partition coefficient (Wildman–Crippen LogP) is 2.76. The van der Waals surface area contributed by atoms with Crippen LogP contribution in [0.25, 0.3) is 11.0 Å². The van der Waals surface area contributed by atoms with Crippen LogP contribution in [0.3, 0.4) is 0 Å². The Morgan fingerprint density at radius 1 is 1.12 bits per heavy atom. The van der Waals surface area contributed by atoms with E-state index in [1.807, 2.05) is 26.0 Å². The van der Waals surface area contributed by atoms with Crippen molar-refractivity contribution in [2.45, 2.75) is 53.2 Å². The summed E-state index contributed by atoms with van der Waals surface area (Å²) in [7, 11) is 0. The highest BCUT2D eigenvalue weighted by molar-refractivity contribution is 5.97. The van der Waals surface area contributed by atoms with E-state index in [0.717, 1.165) is 16.5 Å². The Balaban J connectivity index is 1.97. The topological polar surface area (TPSA) is 97.6 Å². The largest absolute Gasteiger partial charge is 0.464 e. The summed E-state index contributed by atoms with van der Waals surface area (Å²) in [6, 6.07) is 3.15. The molecule has 7 heteroatoms. The van der Waals surface area contributed by atoms with Crippen molar-refractivity contribution in [2.24, 2.45) is 0 Å². The normalized spacial score (nSPS) is 12.1. The summed E-state index contributed by atoms with van der Waals surface area (Å²) in [5, 5.41) is 5.50. The molecule has 1 atom stereocenters. The zero-order valence-corrected chi connectivity index (χ0v) is 15.6. The average molecular weight is 360 g/mol. The smallest absolute Gasteiger partial charge is 0.321 e. The van der Waals surface area contributed by atoms with Crippen LogP contribution in [0.4, 0.5) is 4.79 Å². The summed E-state index contributed by atoms with van der Waals surface area (Å²) in [6.45, 7) is 8.92. The monoisotopic (exact) mass is 360 g/mol. The van der Waals surface area contributed by atoms with Crippen LogP contribution in [0.2, 0.25) is 0 Å². The van der Waals surface area contributed by atoms with E-state index in [1.54, 1.807) is 13.8 Å². The third-order valence-electron chi connectivity index (χ3n) is 3.94.